The second-order valence-corrected chi connectivity index (χ2v) is 19.8. The molecule has 2 heteroatoms. The Balaban J connectivity index is 0.748. The van der Waals surface area contributed by atoms with E-state index in [4.69, 9.17) is 8.83 Å². The Morgan fingerprint density at radius 2 is 1.03 bits per heavy atom. The van der Waals surface area contributed by atoms with Crippen molar-refractivity contribution >= 4 is 49.5 Å². The quantitative estimate of drug-likeness (QED) is 0.144. The first-order valence-corrected chi connectivity index (χ1v) is 24.5. The summed E-state index contributed by atoms with van der Waals surface area (Å²) in [5.41, 5.74) is 22.6. The van der Waals surface area contributed by atoms with Crippen molar-refractivity contribution in [2.24, 2.45) is 0 Å². The predicted molar refractivity (Wildman–Crippen MR) is 283 cm³/mol. The van der Waals surface area contributed by atoms with Crippen LogP contribution in [0, 0.1) is 0 Å². The van der Waals surface area contributed by atoms with Gasteiger partial charge in [0.2, 0.25) is 0 Å². The lowest BCUT2D eigenvalue weighted by Gasteiger charge is -2.25. The van der Waals surface area contributed by atoms with Crippen molar-refractivity contribution in [1.82, 2.24) is 0 Å². The minimum Gasteiger partial charge on any atom is -0.456 e. The van der Waals surface area contributed by atoms with E-state index in [9.17, 15) is 0 Å². The summed E-state index contributed by atoms with van der Waals surface area (Å²) in [6.45, 7) is 4.78. The zero-order valence-corrected chi connectivity index (χ0v) is 38.6. The molecule has 2 aromatic heterocycles. The minimum atomic E-state index is -0.0456. The van der Waals surface area contributed by atoms with Crippen LogP contribution < -0.4 is 0 Å². The van der Waals surface area contributed by atoms with Gasteiger partial charge >= 0.3 is 0 Å². The molecule has 68 heavy (non-hydrogen) atoms. The van der Waals surface area contributed by atoms with Crippen LogP contribution in [0.4, 0.5) is 0 Å². The van der Waals surface area contributed by atoms with Crippen LogP contribution >= 0.6 is 0 Å². The van der Waals surface area contributed by atoms with Gasteiger partial charge in [-0.25, -0.2) is 0 Å². The van der Waals surface area contributed by atoms with Gasteiger partial charge in [0.15, 0.2) is 0 Å². The molecule has 0 fully saturated rings. The third kappa shape index (κ3) is 7.01. The van der Waals surface area contributed by atoms with Crippen LogP contribution in [0.5, 0.6) is 0 Å². The molecule has 9 aromatic carbocycles. The first kappa shape index (κ1) is 40.6. The molecule has 0 saturated carbocycles. The van der Waals surface area contributed by atoms with Gasteiger partial charge in [0.1, 0.15) is 22.3 Å². The summed E-state index contributed by atoms with van der Waals surface area (Å²) >= 11 is 0. The van der Waals surface area contributed by atoms with Crippen molar-refractivity contribution in [3.8, 4) is 33.4 Å². The first-order chi connectivity index (χ1) is 33.4. The molecular weight excluding hydrogens is 825 g/mol. The van der Waals surface area contributed by atoms with Gasteiger partial charge in [0.25, 0.3) is 0 Å². The summed E-state index contributed by atoms with van der Waals surface area (Å²) in [6.07, 6.45) is 7.80. The Bertz CT molecular complexity index is 3730. The number of aryl methyl sites for hydroxylation is 1. The Morgan fingerprint density at radius 1 is 0.471 bits per heavy atom. The summed E-state index contributed by atoms with van der Waals surface area (Å²) in [5, 5.41) is 4.74. The van der Waals surface area contributed by atoms with Crippen LogP contribution in [0.15, 0.2) is 215 Å². The number of rotatable bonds is 9. The van der Waals surface area contributed by atoms with Crippen molar-refractivity contribution in [3.63, 3.8) is 0 Å². The topological polar surface area (TPSA) is 26.3 Å². The predicted octanol–water partition coefficient (Wildman–Crippen LogP) is 18.2. The Kier molecular flexibility index (Phi) is 9.72. The maximum Gasteiger partial charge on any atom is 0.135 e. The van der Waals surface area contributed by atoms with Crippen LogP contribution in [0.1, 0.15) is 90.3 Å². The van der Waals surface area contributed by atoms with E-state index in [1.54, 1.807) is 0 Å². The Morgan fingerprint density at radius 3 is 1.74 bits per heavy atom. The van der Waals surface area contributed by atoms with E-state index in [2.05, 4.69) is 202 Å². The lowest BCUT2D eigenvalue weighted by molar-refractivity contribution is 0.625. The van der Waals surface area contributed by atoms with Crippen LogP contribution in [-0.2, 0) is 11.8 Å². The molecule has 2 nitrogen and oxygen atoms in total. The van der Waals surface area contributed by atoms with E-state index in [1.807, 2.05) is 18.2 Å². The molecule has 11 aromatic rings. The molecule has 0 amide bonds. The van der Waals surface area contributed by atoms with Crippen LogP contribution in [0.3, 0.4) is 0 Å². The lowest BCUT2D eigenvalue weighted by atomic mass is 9.79. The number of hydrogen-bond acceptors (Lipinski definition) is 2. The molecular formula is C66H52O2. The highest BCUT2D eigenvalue weighted by atomic mass is 16.3. The van der Waals surface area contributed by atoms with Gasteiger partial charge in [-0.05, 0) is 152 Å². The van der Waals surface area contributed by atoms with Crippen LogP contribution in [-0.4, -0.2) is 0 Å². The number of allylic oxidation sites excluding steroid dienone is 2. The maximum atomic E-state index is 6.14. The molecule has 2 heterocycles. The number of furan rings is 2. The number of fused-ring (bicyclic) bond motifs is 9. The van der Waals surface area contributed by atoms with Crippen molar-refractivity contribution in [1.29, 1.82) is 0 Å². The fourth-order valence-electron chi connectivity index (χ4n) is 11.7. The van der Waals surface area contributed by atoms with Gasteiger partial charge in [0.05, 0.1) is 0 Å². The lowest BCUT2D eigenvalue weighted by Crippen LogP contribution is -2.15. The third-order valence-corrected chi connectivity index (χ3v) is 15.6. The van der Waals surface area contributed by atoms with Crippen molar-refractivity contribution in [2.75, 3.05) is 0 Å². The number of benzene rings is 9. The van der Waals surface area contributed by atoms with Gasteiger partial charge in [-0.3, -0.25) is 0 Å². The van der Waals surface area contributed by atoms with E-state index in [1.165, 1.54) is 88.7 Å². The highest BCUT2D eigenvalue weighted by molar-refractivity contribution is 6.06. The smallest absolute Gasteiger partial charge is 0.135 e. The van der Waals surface area contributed by atoms with E-state index in [0.29, 0.717) is 5.92 Å². The summed E-state index contributed by atoms with van der Waals surface area (Å²) in [4.78, 5) is 0. The molecule has 0 saturated heterocycles. The molecule has 0 spiro atoms. The van der Waals surface area contributed by atoms with Crippen molar-refractivity contribution in [3.05, 3.63) is 245 Å². The molecule has 13 rings (SSSR count). The molecule has 2 atom stereocenters. The highest BCUT2D eigenvalue weighted by Gasteiger charge is 2.35. The Labute approximate surface area is 398 Å². The largest absolute Gasteiger partial charge is 0.456 e. The average molecular weight is 877 g/mol. The van der Waals surface area contributed by atoms with Crippen LogP contribution in [0.2, 0.25) is 0 Å². The minimum absolute atomic E-state index is 0.0456. The fraction of sp³-hybridized carbons (Fsp3) is 0.152. The van der Waals surface area contributed by atoms with Crippen molar-refractivity contribution < 1.29 is 8.83 Å². The molecule has 2 aliphatic carbocycles. The molecule has 2 unspecified atom stereocenters. The number of para-hydroxylation sites is 2. The Hall–Kier alpha value is -7.68. The van der Waals surface area contributed by atoms with Crippen LogP contribution in [0.25, 0.3) is 82.8 Å². The van der Waals surface area contributed by atoms with Crippen molar-refractivity contribution in [2.45, 2.75) is 63.2 Å². The molecule has 0 bridgehead atoms. The van der Waals surface area contributed by atoms with Gasteiger partial charge in [-0.15, -0.1) is 0 Å². The fourth-order valence-corrected chi connectivity index (χ4v) is 11.7. The van der Waals surface area contributed by atoms with Gasteiger partial charge < -0.3 is 8.83 Å². The monoisotopic (exact) mass is 876 g/mol. The van der Waals surface area contributed by atoms with Gasteiger partial charge in [-0.1, -0.05) is 184 Å². The maximum absolute atomic E-state index is 6.14. The summed E-state index contributed by atoms with van der Waals surface area (Å²) in [6, 6.07) is 74.2. The second-order valence-electron chi connectivity index (χ2n) is 19.8. The first-order valence-electron chi connectivity index (χ1n) is 24.5. The standard InChI is InChI=1S/C66H52O2/c1-66(2)60-12-6-3-9-54(60)55-36-32-52(41-61(55)66)53(49-30-28-46(29-31-49)45-22-26-48(27-23-45)51-34-38-65-59(40-51)57-11-5-8-14-63(57)68-65)35-17-42-15-18-43(19-16-42)44-20-24-47(25-21-44)50-33-37-64-58(39-50)56-10-4-7-13-62(56)67-64/h3-16,18-22,24-25,28-34,36-41,48,53H,17,23,26-27,35H2,1-2H3. The molecule has 0 aliphatic heterocycles. The SMILES string of the molecule is CC1(C)c2ccccc2-c2ccc(C(CCc3ccc(-c4ccc(-c5ccc6oc7ccccc7c6c5)cc4)cc3)c3ccc(C4=CCC(c5ccc6oc7ccccc7c6c5)CC4)cc3)cc21. The van der Waals surface area contributed by atoms with E-state index in [-0.39, 0.29) is 11.3 Å². The molecule has 0 radical (unpaired) electrons. The zero-order chi connectivity index (χ0) is 45.3. The average Bonchev–Trinajstić information content (AvgIpc) is 4.03. The normalized spacial score (nSPS) is 15.7. The molecule has 2 aliphatic rings. The second kappa shape index (κ2) is 16.3. The molecule has 328 valence electrons. The zero-order valence-electron chi connectivity index (χ0n) is 38.6. The summed E-state index contributed by atoms with van der Waals surface area (Å²) in [5.74, 6) is 0.778. The highest BCUT2D eigenvalue weighted by Crippen LogP contribution is 2.50. The summed E-state index contributed by atoms with van der Waals surface area (Å²) < 4.78 is 12.2. The third-order valence-electron chi connectivity index (χ3n) is 15.6. The van der Waals surface area contributed by atoms with Gasteiger partial charge in [0, 0.05) is 32.9 Å². The number of hydrogen-bond donors (Lipinski definition) is 0. The van der Waals surface area contributed by atoms with E-state index in [0.717, 1.165) is 65.2 Å². The van der Waals surface area contributed by atoms with Gasteiger partial charge in [-0.2, -0.15) is 0 Å². The summed E-state index contributed by atoms with van der Waals surface area (Å²) in [7, 11) is 0. The van der Waals surface area contributed by atoms with E-state index < -0.39 is 0 Å². The molecule has 0 N–H and O–H groups in total. The van der Waals surface area contributed by atoms with E-state index >= 15 is 0 Å².